The van der Waals surface area contributed by atoms with Crippen molar-refractivity contribution in [3.05, 3.63) is 36.0 Å². The van der Waals surface area contributed by atoms with Gasteiger partial charge in [-0.3, -0.25) is 4.79 Å². The average molecular weight is 320 g/mol. The summed E-state index contributed by atoms with van der Waals surface area (Å²) < 4.78 is 23.9. The number of nitrogens with zero attached hydrogens (tertiary/aromatic N) is 1. The fourth-order valence-corrected chi connectivity index (χ4v) is 4.94. The number of aromatic amines is 1. The molecule has 1 fully saturated rings. The number of carbonyl (C=O) groups excluding carboxylic acids is 1. The van der Waals surface area contributed by atoms with E-state index in [1.165, 1.54) is 6.26 Å². The molecule has 6 heteroatoms. The Labute approximate surface area is 130 Å². The topological polar surface area (TPSA) is 70.2 Å². The van der Waals surface area contributed by atoms with Gasteiger partial charge in [-0.05, 0) is 31.4 Å². The maximum absolute atomic E-state index is 12.8. The van der Waals surface area contributed by atoms with Crippen molar-refractivity contribution in [1.82, 2.24) is 9.88 Å². The van der Waals surface area contributed by atoms with Crippen LogP contribution in [0.1, 0.15) is 29.6 Å². The molecule has 1 aliphatic rings. The SMILES string of the molecule is CN(C(=O)c1cccc2cc[nH]c12)[C@H]1CCC[C@@H]1S(C)(=O)=O. The first-order valence-corrected chi connectivity index (χ1v) is 9.37. The van der Waals surface area contributed by atoms with E-state index in [2.05, 4.69) is 4.98 Å². The van der Waals surface area contributed by atoms with Crippen molar-refractivity contribution in [2.24, 2.45) is 0 Å². The Morgan fingerprint density at radius 2 is 2.05 bits per heavy atom. The number of para-hydroxylation sites is 1. The summed E-state index contributed by atoms with van der Waals surface area (Å²) in [6.07, 6.45) is 5.28. The minimum atomic E-state index is -3.15. The molecule has 0 saturated heterocycles. The lowest BCUT2D eigenvalue weighted by Crippen LogP contribution is -2.44. The summed E-state index contributed by atoms with van der Waals surface area (Å²) in [4.78, 5) is 17.5. The van der Waals surface area contributed by atoms with Gasteiger partial charge in [-0.25, -0.2) is 8.42 Å². The number of sulfone groups is 1. The molecule has 1 N–H and O–H groups in total. The van der Waals surface area contributed by atoms with E-state index < -0.39 is 15.1 Å². The quantitative estimate of drug-likeness (QED) is 0.942. The van der Waals surface area contributed by atoms with Crippen LogP contribution in [0.25, 0.3) is 10.9 Å². The second kappa shape index (κ2) is 5.43. The van der Waals surface area contributed by atoms with Gasteiger partial charge in [0.25, 0.3) is 5.91 Å². The Kier molecular flexibility index (Phi) is 3.72. The number of rotatable bonds is 3. The molecule has 0 unspecified atom stereocenters. The number of carbonyl (C=O) groups is 1. The number of hydrogen-bond acceptors (Lipinski definition) is 3. The second-order valence-electron chi connectivity index (χ2n) is 6.03. The highest BCUT2D eigenvalue weighted by Crippen LogP contribution is 2.30. The van der Waals surface area contributed by atoms with Gasteiger partial charge in [0.1, 0.15) is 0 Å². The summed E-state index contributed by atoms with van der Waals surface area (Å²) in [6, 6.07) is 7.24. The third-order valence-corrected chi connectivity index (χ3v) is 6.25. The third kappa shape index (κ3) is 2.52. The Bertz CT molecular complexity index is 810. The summed E-state index contributed by atoms with van der Waals surface area (Å²) in [5.74, 6) is -0.131. The van der Waals surface area contributed by atoms with E-state index in [-0.39, 0.29) is 11.9 Å². The van der Waals surface area contributed by atoms with Crippen LogP contribution < -0.4 is 0 Å². The smallest absolute Gasteiger partial charge is 0.256 e. The molecule has 2 aromatic rings. The number of hydrogen-bond donors (Lipinski definition) is 1. The van der Waals surface area contributed by atoms with Crippen molar-refractivity contribution in [2.45, 2.75) is 30.6 Å². The molecule has 1 aromatic carbocycles. The molecule has 2 atom stereocenters. The van der Waals surface area contributed by atoms with E-state index >= 15 is 0 Å². The minimum absolute atomic E-state index is 0.131. The molecule has 1 aromatic heterocycles. The molecular formula is C16H20N2O3S. The lowest BCUT2D eigenvalue weighted by molar-refractivity contribution is 0.0739. The maximum Gasteiger partial charge on any atom is 0.256 e. The van der Waals surface area contributed by atoms with Gasteiger partial charge in [0.15, 0.2) is 9.84 Å². The van der Waals surface area contributed by atoms with Crippen LogP contribution in [-0.4, -0.2) is 48.8 Å². The summed E-state index contributed by atoms with van der Waals surface area (Å²) >= 11 is 0. The molecule has 0 spiro atoms. The van der Waals surface area contributed by atoms with Crippen LogP contribution in [0, 0.1) is 0 Å². The number of amides is 1. The molecule has 22 heavy (non-hydrogen) atoms. The highest BCUT2D eigenvalue weighted by molar-refractivity contribution is 7.91. The fourth-order valence-electron chi connectivity index (χ4n) is 3.45. The first kappa shape index (κ1) is 15.1. The number of aromatic nitrogens is 1. The molecule has 0 radical (unpaired) electrons. The predicted octanol–water partition coefficient (Wildman–Crippen LogP) is 2.21. The summed E-state index contributed by atoms with van der Waals surface area (Å²) in [7, 11) is -1.44. The summed E-state index contributed by atoms with van der Waals surface area (Å²) in [6.45, 7) is 0. The molecule has 1 heterocycles. The van der Waals surface area contributed by atoms with E-state index in [1.54, 1.807) is 24.2 Å². The molecule has 3 rings (SSSR count). The molecule has 118 valence electrons. The van der Waals surface area contributed by atoms with E-state index in [1.807, 2.05) is 18.2 Å². The molecule has 1 saturated carbocycles. The highest BCUT2D eigenvalue weighted by atomic mass is 32.2. The lowest BCUT2D eigenvalue weighted by atomic mass is 10.1. The highest BCUT2D eigenvalue weighted by Gasteiger charge is 2.39. The summed E-state index contributed by atoms with van der Waals surface area (Å²) in [5, 5.41) is 0.523. The van der Waals surface area contributed by atoms with Crippen LogP contribution in [0.4, 0.5) is 0 Å². The van der Waals surface area contributed by atoms with Crippen molar-refractivity contribution >= 4 is 26.6 Å². The van der Waals surface area contributed by atoms with Crippen LogP contribution in [-0.2, 0) is 9.84 Å². The first-order chi connectivity index (χ1) is 10.4. The lowest BCUT2D eigenvalue weighted by Gasteiger charge is -2.29. The number of nitrogens with one attached hydrogen (secondary N) is 1. The normalized spacial score (nSPS) is 22.1. The molecule has 0 aliphatic heterocycles. The Balaban J connectivity index is 1.93. The van der Waals surface area contributed by atoms with Crippen LogP contribution >= 0.6 is 0 Å². The van der Waals surface area contributed by atoms with Crippen LogP contribution in [0.3, 0.4) is 0 Å². The van der Waals surface area contributed by atoms with Gasteiger partial charge in [-0.15, -0.1) is 0 Å². The van der Waals surface area contributed by atoms with Crippen molar-refractivity contribution in [3.8, 4) is 0 Å². The van der Waals surface area contributed by atoms with Gasteiger partial charge in [0, 0.05) is 30.9 Å². The van der Waals surface area contributed by atoms with Crippen molar-refractivity contribution in [3.63, 3.8) is 0 Å². The average Bonchev–Trinajstić information content (AvgIpc) is 3.12. The third-order valence-electron chi connectivity index (χ3n) is 4.60. The van der Waals surface area contributed by atoms with Gasteiger partial charge in [0.2, 0.25) is 0 Å². The standard InChI is InChI=1S/C16H20N2O3S/c1-18(13-7-4-8-14(13)22(2,20)21)16(19)12-6-3-5-11-9-10-17-15(11)12/h3,5-6,9-10,13-14,17H,4,7-8H2,1-2H3/t13-,14-/m0/s1. The maximum atomic E-state index is 12.8. The Morgan fingerprint density at radius 1 is 1.27 bits per heavy atom. The van der Waals surface area contributed by atoms with E-state index in [0.29, 0.717) is 12.0 Å². The first-order valence-electron chi connectivity index (χ1n) is 7.41. The molecule has 1 aliphatic carbocycles. The predicted molar refractivity (Wildman–Crippen MR) is 86.7 cm³/mol. The molecule has 5 nitrogen and oxygen atoms in total. The van der Waals surface area contributed by atoms with Gasteiger partial charge in [0.05, 0.1) is 16.3 Å². The Hall–Kier alpha value is -1.82. The zero-order valence-corrected chi connectivity index (χ0v) is 13.6. The van der Waals surface area contributed by atoms with E-state index in [0.717, 1.165) is 23.7 Å². The van der Waals surface area contributed by atoms with E-state index in [9.17, 15) is 13.2 Å². The van der Waals surface area contributed by atoms with Crippen molar-refractivity contribution < 1.29 is 13.2 Å². The Morgan fingerprint density at radius 3 is 2.77 bits per heavy atom. The van der Waals surface area contributed by atoms with Gasteiger partial charge in [-0.2, -0.15) is 0 Å². The number of benzene rings is 1. The van der Waals surface area contributed by atoms with Crippen LogP contribution in [0.5, 0.6) is 0 Å². The monoisotopic (exact) mass is 320 g/mol. The molecule has 1 amide bonds. The van der Waals surface area contributed by atoms with Crippen LogP contribution in [0.15, 0.2) is 30.5 Å². The van der Waals surface area contributed by atoms with Gasteiger partial charge in [-0.1, -0.05) is 12.1 Å². The molecule has 0 bridgehead atoms. The molecular weight excluding hydrogens is 300 g/mol. The zero-order valence-electron chi connectivity index (χ0n) is 12.7. The number of fused-ring (bicyclic) bond motifs is 1. The zero-order chi connectivity index (χ0) is 15.9. The number of H-pyrrole nitrogens is 1. The van der Waals surface area contributed by atoms with Crippen LogP contribution in [0.2, 0.25) is 0 Å². The van der Waals surface area contributed by atoms with E-state index in [4.69, 9.17) is 0 Å². The van der Waals surface area contributed by atoms with Gasteiger partial charge >= 0.3 is 0 Å². The minimum Gasteiger partial charge on any atom is -0.361 e. The fraction of sp³-hybridized carbons (Fsp3) is 0.438. The van der Waals surface area contributed by atoms with Crippen molar-refractivity contribution in [1.29, 1.82) is 0 Å². The van der Waals surface area contributed by atoms with Gasteiger partial charge < -0.3 is 9.88 Å². The summed E-state index contributed by atoms with van der Waals surface area (Å²) in [5.41, 5.74) is 1.39. The van der Waals surface area contributed by atoms with Crippen molar-refractivity contribution in [2.75, 3.05) is 13.3 Å². The second-order valence-corrected chi connectivity index (χ2v) is 8.29. The largest absolute Gasteiger partial charge is 0.361 e.